The maximum atomic E-state index is 14.6. The van der Waals surface area contributed by atoms with Crippen molar-refractivity contribution >= 4 is 27.5 Å². The number of sulfonamides is 1. The molecular formula is C20H18FN7O2S. The minimum atomic E-state index is -3.82. The number of hydrogen-bond donors (Lipinski definition) is 2. The van der Waals surface area contributed by atoms with E-state index in [1.165, 1.54) is 18.5 Å². The molecule has 9 nitrogen and oxygen atoms in total. The van der Waals surface area contributed by atoms with Crippen LogP contribution in [0.3, 0.4) is 0 Å². The Labute approximate surface area is 178 Å². The average Bonchev–Trinajstić information content (AvgIpc) is 3.14. The van der Waals surface area contributed by atoms with Crippen LogP contribution in [-0.2, 0) is 22.8 Å². The highest BCUT2D eigenvalue weighted by molar-refractivity contribution is 7.91. The number of halogens is 1. The molecule has 0 bridgehead atoms. The summed E-state index contributed by atoms with van der Waals surface area (Å²) in [7, 11) is -2.04. The van der Waals surface area contributed by atoms with E-state index >= 15 is 0 Å². The van der Waals surface area contributed by atoms with Gasteiger partial charge in [0.15, 0.2) is 11.6 Å². The third kappa shape index (κ3) is 5.20. The third-order valence-corrected chi connectivity index (χ3v) is 5.42. The van der Waals surface area contributed by atoms with Crippen molar-refractivity contribution in [2.45, 2.75) is 5.75 Å². The fraction of sp³-hybridized carbons (Fsp3) is 0.100. The molecule has 0 amide bonds. The predicted molar refractivity (Wildman–Crippen MR) is 114 cm³/mol. The van der Waals surface area contributed by atoms with E-state index in [4.69, 9.17) is 0 Å². The van der Waals surface area contributed by atoms with Crippen molar-refractivity contribution in [3.05, 3.63) is 78.6 Å². The molecule has 0 saturated carbocycles. The highest BCUT2D eigenvalue weighted by Gasteiger charge is 2.16. The Balaban J connectivity index is 1.51. The minimum Gasteiger partial charge on any atom is -0.321 e. The molecule has 3 aromatic heterocycles. The molecule has 0 unspecified atom stereocenters. The van der Waals surface area contributed by atoms with Crippen molar-refractivity contribution in [1.29, 1.82) is 0 Å². The zero-order valence-electron chi connectivity index (χ0n) is 16.4. The van der Waals surface area contributed by atoms with Crippen LogP contribution < -0.4 is 10.0 Å². The van der Waals surface area contributed by atoms with Crippen LogP contribution in [0.1, 0.15) is 5.56 Å². The molecule has 0 fully saturated rings. The highest BCUT2D eigenvalue weighted by atomic mass is 32.2. The van der Waals surface area contributed by atoms with E-state index in [9.17, 15) is 12.8 Å². The molecule has 4 aromatic rings. The van der Waals surface area contributed by atoms with Gasteiger partial charge in [0.1, 0.15) is 0 Å². The second kappa shape index (κ2) is 8.48. The van der Waals surface area contributed by atoms with E-state index in [-0.39, 0.29) is 11.6 Å². The van der Waals surface area contributed by atoms with Gasteiger partial charge in [-0.15, -0.1) is 0 Å². The van der Waals surface area contributed by atoms with E-state index in [1.807, 2.05) is 0 Å². The van der Waals surface area contributed by atoms with Gasteiger partial charge in [0.05, 0.1) is 23.3 Å². The number of pyridine rings is 1. The zero-order valence-corrected chi connectivity index (χ0v) is 17.2. The normalized spacial score (nSPS) is 11.3. The maximum absolute atomic E-state index is 14.6. The lowest BCUT2D eigenvalue weighted by atomic mass is 10.2. The SMILES string of the molecule is Cn1cc(Nc2nccc(-c3cnc(NS(=O)(=O)Cc4ccccc4)c(F)c3)n2)cn1. The number of aryl methyl sites for hydroxylation is 1. The van der Waals surface area contributed by atoms with Gasteiger partial charge in [-0.25, -0.2) is 27.8 Å². The third-order valence-electron chi connectivity index (χ3n) is 4.21. The highest BCUT2D eigenvalue weighted by Crippen LogP contribution is 2.23. The molecule has 0 aliphatic heterocycles. The average molecular weight is 439 g/mol. The van der Waals surface area contributed by atoms with E-state index in [0.717, 1.165) is 0 Å². The quantitative estimate of drug-likeness (QED) is 0.455. The monoisotopic (exact) mass is 439 g/mol. The number of rotatable bonds is 7. The fourth-order valence-electron chi connectivity index (χ4n) is 2.82. The summed E-state index contributed by atoms with van der Waals surface area (Å²) in [5.41, 5.74) is 2.08. The van der Waals surface area contributed by atoms with Crippen LogP contribution in [0.25, 0.3) is 11.3 Å². The summed E-state index contributed by atoms with van der Waals surface area (Å²) in [5.74, 6) is -1.16. The van der Waals surface area contributed by atoms with Gasteiger partial charge >= 0.3 is 0 Å². The summed E-state index contributed by atoms with van der Waals surface area (Å²) >= 11 is 0. The molecule has 158 valence electrons. The van der Waals surface area contributed by atoms with Crippen molar-refractivity contribution in [3.8, 4) is 11.3 Å². The molecule has 3 heterocycles. The number of hydrogen-bond acceptors (Lipinski definition) is 7. The molecule has 0 aliphatic carbocycles. The lowest BCUT2D eigenvalue weighted by molar-refractivity contribution is 0.596. The molecule has 31 heavy (non-hydrogen) atoms. The van der Waals surface area contributed by atoms with Gasteiger partial charge in [0.2, 0.25) is 16.0 Å². The van der Waals surface area contributed by atoms with Gasteiger partial charge in [-0.2, -0.15) is 5.10 Å². The van der Waals surface area contributed by atoms with Crippen molar-refractivity contribution in [1.82, 2.24) is 24.7 Å². The zero-order chi connectivity index (χ0) is 21.8. The van der Waals surface area contributed by atoms with E-state index in [0.29, 0.717) is 28.5 Å². The second-order valence-corrected chi connectivity index (χ2v) is 8.42. The van der Waals surface area contributed by atoms with Crippen LogP contribution in [0.2, 0.25) is 0 Å². The van der Waals surface area contributed by atoms with Gasteiger partial charge in [-0.1, -0.05) is 30.3 Å². The summed E-state index contributed by atoms with van der Waals surface area (Å²) in [6.45, 7) is 0. The van der Waals surface area contributed by atoms with Gasteiger partial charge in [-0.3, -0.25) is 9.40 Å². The van der Waals surface area contributed by atoms with Crippen LogP contribution >= 0.6 is 0 Å². The van der Waals surface area contributed by atoms with Crippen LogP contribution in [-0.4, -0.2) is 33.2 Å². The molecule has 0 saturated heterocycles. The van der Waals surface area contributed by atoms with Crippen molar-refractivity contribution in [2.24, 2.45) is 7.05 Å². The summed E-state index contributed by atoms with van der Waals surface area (Å²) in [6, 6.07) is 11.4. The molecule has 0 radical (unpaired) electrons. The molecular weight excluding hydrogens is 421 g/mol. The lowest BCUT2D eigenvalue weighted by Gasteiger charge is -2.10. The van der Waals surface area contributed by atoms with Gasteiger partial charge < -0.3 is 5.32 Å². The van der Waals surface area contributed by atoms with Crippen molar-refractivity contribution in [2.75, 3.05) is 10.0 Å². The molecule has 11 heteroatoms. The van der Waals surface area contributed by atoms with Crippen molar-refractivity contribution < 1.29 is 12.8 Å². The smallest absolute Gasteiger partial charge is 0.238 e. The summed E-state index contributed by atoms with van der Waals surface area (Å²) in [4.78, 5) is 12.4. The number of aromatic nitrogens is 5. The van der Waals surface area contributed by atoms with Crippen molar-refractivity contribution in [3.63, 3.8) is 0 Å². The van der Waals surface area contributed by atoms with Gasteiger partial charge in [0, 0.05) is 31.2 Å². The largest absolute Gasteiger partial charge is 0.321 e. The maximum Gasteiger partial charge on any atom is 0.238 e. The van der Waals surface area contributed by atoms with Crippen LogP contribution in [0, 0.1) is 5.82 Å². The Morgan fingerprint density at radius 1 is 1.10 bits per heavy atom. The standard InChI is InChI=1S/C20H18FN7O2S/c1-28-12-16(11-24-28)25-20-22-8-7-18(26-20)15-9-17(21)19(23-10-15)27-31(29,30)13-14-5-3-2-4-6-14/h2-12H,13H2,1H3,(H,23,27)(H,22,25,26). The van der Waals surface area contributed by atoms with E-state index < -0.39 is 15.8 Å². The number of nitrogens with one attached hydrogen (secondary N) is 2. The van der Waals surface area contributed by atoms with Gasteiger partial charge in [-0.05, 0) is 17.7 Å². The topological polar surface area (TPSA) is 115 Å². The molecule has 1 aromatic carbocycles. The molecule has 4 rings (SSSR count). The van der Waals surface area contributed by atoms with Gasteiger partial charge in [0.25, 0.3) is 0 Å². The first-order valence-electron chi connectivity index (χ1n) is 9.17. The number of nitrogens with zero attached hydrogens (tertiary/aromatic N) is 5. The molecule has 0 spiro atoms. The first-order chi connectivity index (χ1) is 14.9. The first kappa shape index (κ1) is 20.4. The Kier molecular flexibility index (Phi) is 5.58. The first-order valence-corrected chi connectivity index (χ1v) is 10.8. The molecule has 0 aliphatic rings. The fourth-order valence-corrected chi connectivity index (χ4v) is 3.97. The van der Waals surface area contributed by atoms with E-state index in [2.05, 4.69) is 30.1 Å². The number of benzene rings is 1. The molecule has 2 N–H and O–H groups in total. The summed E-state index contributed by atoms with van der Waals surface area (Å²) < 4.78 is 43.1. The summed E-state index contributed by atoms with van der Waals surface area (Å²) in [6.07, 6.45) is 6.25. The Morgan fingerprint density at radius 2 is 1.90 bits per heavy atom. The van der Waals surface area contributed by atoms with Crippen LogP contribution in [0.4, 0.5) is 21.8 Å². The van der Waals surface area contributed by atoms with E-state index in [1.54, 1.807) is 60.5 Å². The Bertz CT molecular complexity index is 1310. The second-order valence-electron chi connectivity index (χ2n) is 6.69. The number of anilines is 3. The summed E-state index contributed by atoms with van der Waals surface area (Å²) in [5, 5.41) is 7.06. The Morgan fingerprint density at radius 3 is 2.61 bits per heavy atom. The van der Waals surface area contributed by atoms with Crippen LogP contribution in [0.15, 0.2) is 67.3 Å². The lowest BCUT2D eigenvalue weighted by Crippen LogP contribution is -2.17. The molecule has 0 atom stereocenters. The predicted octanol–water partition coefficient (Wildman–Crippen LogP) is 3.10. The minimum absolute atomic E-state index is 0.286. The Hall–Kier alpha value is -3.86. The van der Waals surface area contributed by atoms with Crippen LogP contribution in [0.5, 0.6) is 0 Å².